The molecule has 1 aliphatic rings. The van der Waals surface area contributed by atoms with E-state index in [0.29, 0.717) is 37.8 Å². The Morgan fingerprint density at radius 3 is 2.06 bits per heavy atom. The van der Waals surface area contributed by atoms with E-state index in [0.717, 1.165) is 12.0 Å². The molecule has 0 radical (unpaired) electrons. The normalized spacial score (nSPS) is 22.9. The van der Waals surface area contributed by atoms with Crippen molar-refractivity contribution >= 4 is 0 Å². The Kier molecular flexibility index (Phi) is 7.01. The first-order valence-corrected chi connectivity index (χ1v) is 10.1. The Hall–Kier alpha value is -2.06. The largest absolute Gasteiger partial charge is 0.416 e. The van der Waals surface area contributed by atoms with Gasteiger partial charge in [0, 0.05) is 5.41 Å². The van der Waals surface area contributed by atoms with Crippen molar-refractivity contribution in [2.24, 2.45) is 0 Å². The van der Waals surface area contributed by atoms with Crippen LogP contribution in [0.2, 0.25) is 0 Å². The quantitative estimate of drug-likeness (QED) is 0.420. The number of aliphatic hydroxyl groups excluding tert-OH is 1. The van der Waals surface area contributed by atoms with Gasteiger partial charge in [0.25, 0.3) is 0 Å². The summed E-state index contributed by atoms with van der Waals surface area (Å²) in [6, 6.07) is 11.0. The average molecular weight is 446 g/mol. The van der Waals surface area contributed by atoms with Crippen molar-refractivity contribution in [3.05, 3.63) is 70.8 Å². The van der Waals surface area contributed by atoms with Crippen molar-refractivity contribution in [2.45, 2.75) is 62.6 Å². The van der Waals surface area contributed by atoms with Crippen molar-refractivity contribution in [3.8, 4) is 0 Å². The molecule has 0 aliphatic heterocycles. The van der Waals surface area contributed by atoms with Crippen LogP contribution in [0.4, 0.5) is 26.3 Å². The van der Waals surface area contributed by atoms with E-state index in [9.17, 15) is 31.4 Å². The monoisotopic (exact) mass is 446 g/mol. The predicted octanol–water partition coefficient (Wildman–Crippen LogP) is 6.50. The minimum atomic E-state index is -4.89. The third-order valence-corrected chi connectivity index (χ3v) is 5.83. The maximum Gasteiger partial charge on any atom is 0.416 e. The minimum Gasteiger partial charge on any atom is -0.393 e. The van der Waals surface area contributed by atoms with E-state index < -0.39 is 35.0 Å². The maximum atomic E-state index is 13.1. The molecule has 0 aromatic heterocycles. The molecule has 31 heavy (non-hydrogen) atoms. The van der Waals surface area contributed by atoms with Crippen LogP contribution in [0.15, 0.2) is 48.5 Å². The highest BCUT2D eigenvalue weighted by Crippen LogP contribution is 2.40. The Labute approximate surface area is 176 Å². The van der Waals surface area contributed by atoms with E-state index in [2.05, 4.69) is 0 Å². The molecule has 2 unspecified atom stereocenters. The van der Waals surface area contributed by atoms with Crippen molar-refractivity contribution in [1.82, 2.24) is 0 Å². The molecule has 170 valence electrons. The summed E-state index contributed by atoms with van der Waals surface area (Å²) >= 11 is 0. The Balaban J connectivity index is 1.82. The highest BCUT2D eigenvalue weighted by Gasteiger charge is 2.38. The van der Waals surface area contributed by atoms with E-state index in [-0.39, 0.29) is 24.8 Å². The van der Waals surface area contributed by atoms with Gasteiger partial charge in [-0.3, -0.25) is 0 Å². The number of halogens is 6. The van der Waals surface area contributed by atoms with Gasteiger partial charge in [-0.05, 0) is 61.4 Å². The summed E-state index contributed by atoms with van der Waals surface area (Å²) in [6.07, 6.45) is -6.92. The van der Waals surface area contributed by atoms with Crippen LogP contribution in [-0.2, 0) is 29.1 Å². The number of rotatable bonds is 5. The molecule has 0 heterocycles. The third-order valence-electron chi connectivity index (χ3n) is 5.83. The molecule has 8 heteroatoms. The summed E-state index contributed by atoms with van der Waals surface area (Å²) in [6.45, 7) is -0.231. The van der Waals surface area contributed by atoms with Crippen molar-refractivity contribution in [3.63, 3.8) is 0 Å². The third kappa shape index (κ3) is 6.01. The lowest BCUT2D eigenvalue weighted by atomic mass is 9.75. The van der Waals surface area contributed by atoms with Crippen molar-refractivity contribution < 1.29 is 36.2 Å². The smallest absolute Gasteiger partial charge is 0.393 e. The first-order valence-electron chi connectivity index (χ1n) is 10.1. The topological polar surface area (TPSA) is 29.5 Å². The Morgan fingerprint density at radius 1 is 0.871 bits per heavy atom. The van der Waals surface area contributed by atoms with Crippen LogP contribution in [0, 0.1) is 0 Å². The lowest BCUT2D eigenvalue weighted by Crippen LogP contribution is -2.31. The summed E-state index contributed by atoms with van der Waals surface area (Å²) < 4.78 is 84.2. The fourth-order valence-corrected chi connectivity index (χ4v) is 4.16. The maximum absolute atomic E-state index is 13.1. The second-order valence-electron chi connectivity index (χ2n) is 8.14. The van der Waals surface area contributed by atoms with Crippen LogP contribution in [0.3, 0.4) is 0 Å². The number of aliphatic hydroxyl groups is 1. The minimum absolute atomic E-state index is 0.113. The summed E-state index contributed by atoms with van der Waals surface area (Å²) in [5, 5.41) is 10.0. The zero-order valence-electron chi connectivity index (χ0n) is 16.8. The lowest BCUT2D eigenvalue weighted by Gasteiger charge is -2.33. The number of alkyl halides is 6. The van der Waals surface area contributed by atoms with E-state index in [4.69, 9.17) is 4.74 Å². The van der Waals surface area contributed by atoms with Gasteiger partial charge in [0.1, 0.15) is 0 Å². The number of ether oxygens (including phenoxy) is 1. The van der Waals surface area contributed by atoms with Gasteiger partial charge in [0.05, 0.1) is 30.4 Å². The molecule has 1 saturated carbocycles. The fourth-order valence-electron chi connectivity index (χ4n) is 4.16. The Morgan fingerprint density at radius 2 is 1.48 bits per heavy atom. The second kappa shape index (κ2) is 9.20. The van der Waals surface area contributed by atoms with Gasteiger partial charge >= 0.3 is 12.4 Å². The van der Waals surface area contributed by atoms with Gasteiger partial charge in [-0.15, -0.1) is 0 Å². The molecule has 0 spiro atoms. The molecule has 3 rings (SSSR count). The molecule has 0 bridgehead atoms. The first kappa shape index (κ1) is 23.6. The van der Waals surface area contributed by atoms with Gasteiger partial charge in [-0.25, -0.2) is 0 Å². The predicted molar refractivity (Wildman–Crippen MR) is 103 cm³/mol. The lowest BCUT2D eigenvalue weighted by molar-refractivity contribution is -0.143. The van der Waals surface area contributed by atoms with Crippen LogP contribution in [-0.4, -0.2) is 17.8 Å². The van der Waals surface area contributed by atoms with Crippen LogP contribution in [0.1, 0.15) is 54.4 Å². The van der Waals surface area contributed by atoms with Gasteiger partial charge in [0.15, 0.2) is 0 Å². The van der Waals surface area contributed by atoms with E-state index in [1.165, 1.54) is 0 Å². The molecular formula is C23H24F6O2. The van der Waals surface area contributed by atoms with Crippen LogP contribution in [0.25, 0.3) is 0 Å². The van der Waals surface area contributed by atoms with Crippen LogP contribution >= 0.6 is 0 Å². The number of hydrogen-bond acceptors (Lipinski definition) is 2. The zero-order chi connectivity index (χ0) is 22.7. The highest BCUT2D eigenvalue weighted by atomic mass is 19.4. The van der Waals surface area contributed by atoms with Gasteiger partial charge in [-0.1, -0.05) is 30.3 Å². The molecule has 1 fully saturated rings. The van der Waals surface area contributed by atoms with Gasteiger partial charge < -0.3 is 9.84 Å². The van der Waals surface area contributed by atoms with Crippen molar-refractivity contribution in [2.75, 3.05) is 6.61 Å². The molecule has 0 amide bonds. The average Bonchev–Trinajstić information content (AvgIpc) is 2.89. The van der Waals surface area contributed by atoms with Gasteiger partial charge in [0.2, 0.25) is 0 Å². The molecular weight excluding hydrogens is 422 g/mol. The number of benzene rings is 2. The zero-order valence-corrected chi connectivity index (χ0v) is 16.8. The first-order chi connectivity index (χ1) is 14.5. The second-order valence-corrected chi connectivity index (χ2v) is 8.14. The number of hydrogen-bond donors (Lipinski definition) is 1. The molecule has 2 aromatic carbocycles. The van der Waals surface area contributed by atoms with E-state index in [1.807, 2.05) is 30.3 Å². The highest BCUT2D eigenvalue weighted by molar-refractivity contribution is 5.33. The SMILES string of the molecule is OC1CCCC(COCc2cc(C(F)(F)F)cc(C(F)(F)F)c2)(c2ccccc2)CC1. The summed E-state index contributed by atoms with van der Waals surface area (Å²) in [4.78, 5) is 0. The van der Waals surface area contributed by atoms with Crippen molar-refractivity contribution in [1.29, 1.82) is 0 Å². The van der Waals surface area contributed by atoms with Crippen LogP contribution < -0.4 is 0 Å². The molecule has 0 saturated heterocycles. The Bertz CT molecular complexity index is 830. The summed E-state index contributed by atoms with van der Waals surface area (Å²) in [7, 11) is 0. The fraction of sp³-hybridized carbons (Fsp3) is 0.478. The van der Waals surface area contributed by atoms with E-state index in [1.54, 1.807) is 0 Å². The molecule has 2 aromatic rings. The molecule has 2 atom stereocenters. The van der Waals surface area contributed by atoms with Crippen LogP contribution in [0.5, 0.6) is 0 Å². The molecule has 1 aliphatic carbocycles. The molecule has 2 nitrogen and oxygen atoms in total. The van der Waals surface area contributed by atoms with Gasteiger partial charge in [-0.2, -0.15) is 26.3 Å². The van der Waals surface area contributed by atoms with E-state index >= 15 is 0 Å². The molecule has 1 N–H and O–H groups in total. The summed E-state index contributed by atoms with van der Waals surface area (Å²) in [5.41, 5.74) is -2.34. The summed E-state index contributed by atoms with van der Waals surface area (Å²) in [5.74, 6) is 0. The standard InChI is InChI=1S/C23H24F6O2/c24-22(25,26)18-11-16(12-19(13-18)23(27,28)29)14-31-15-21(17-5-2-1-3-6-17)9-4-7-20(30)8-10-21/h1-3,5-6,11-13,20,30H,4,7-10,14-15H2.